The Morgan fingerprint density at radius 2 is 0.770 bits per heavy atom. The Labute approximate surface area is 811 Å². The van der Waals surface area contributed by atoms with Crippen LogP contribution in [-0.4, -0.2) is 388 Å². The van der Waals surface area contributed by atoms with Crippen LogP contribution in [0.25, 0.3) is 0 Å². The molecule has 47 nitrogen and oxygen atoms in total. The van der Waals surface area contributed by atoms with Crippen LogP contribution in [0.15, 0.2) is 125 Å². The highest BCUT2D eigenvalue weighted by Gasteiger charge is 2.44. The van der Waals surface area contributed by atoms with Crippen LogP contribution >= 0.6 is 0 Å². The van der Waals surface area contributed by atoms with E-state index < -0.39 is 272 Å². The molecule has 1 fully saturated rings. The van der Waals surface area contributed by atoms with E-state index in [2.05, 4.69) is 94.9 Å². The van der Waals surface area contributed by atoms with Crippen molar-refractivity contribution in [3.8, 4) is 0 Å². The van der Waals surface area contributed by atoms with Crippen molar-refractivity contribution in [1.29, 1.82) is 16.2 Å². The summed E-state index contributed by atoms with van der Waals surface area (Å²) in [5.74, 6) is -17.7. The lowest BCUT2D eigenvalue weighted by atomic mass is 9.97. The number of carbonyl (C=O) groups excluding carboxylic acids is 1. The van der Waals surface area contributed by atoms with Crippen LogP contribution in [0, 0.1) is 34.0 Å². The van der Waals surface area contributed by atoms with E-state index >= 15 is 0 Å². The molecule has 0 aromatic heterocycles. The molecule has 26 N–H and O–H groups in total. The van der Waals surface area contributed by atoms with Crippen molar-refractivity contribution in [3.63, 3.8) is 0 Å². The van der Waals surface area contributed by atoms with Gasteiger partial charge in [-0.3, -0.25) is 21.0 Å². The number of likely N-dealkylation sites (tertiary alicyclic amines) is 1. The number of nitrogens with one attached hydrogen (secondary N) is 3. The van der Waals surface area contributed by atoms with Gasteiger partial charge in [0, 0.05) is 32.7 Å². The summed E-state index contributed by atoms with van der Waals surface area (Å²) in [6.07, 6.45) is -1.50. The minimum atomic E-state index is -1.88. The Hall–Kier alpha value is -13.0. The lowest BCUT2D eigenvalue weighted by Crippen LogP contribution is -2.50. The number of carbonyl (C=O) groups is 1. The second kappa shape index (κ2) is 52.7. The average Bonchev–Trinajstić information content (AvgIpc) is 1.68. The van der Waals surface area contributed by atoms with Gasteiger partial charge in [-0.2, -0.15) is 0 Å². The third kappa shape index (κ3) is 39.8. The number of aliphatic imine (C=N–C) groups is 19. The second-order valence-electron chi connectivity index (χ2n) is 39.0. The van der Waals surface area contributed by atoms with Crippen LogP contribution in [0.1, 0.15) is 256 Å². The largest absolute Gasteiger partial charge is 0.497 e. The highest BCUT2D eigenvalue weighted by Crippen LogP contribution is 2.31. The Morgan fingerprint density at radius 1 is 0.396 bits per heavy atom. The van der Waals surface area contributed by atoms with Crippen molar-refractivity contribution in [2.75, 3.05) is 19.7 Å². The van der Waals surface area contributed by atoms with Crippen LogP contribution in [0.5, 0.6) is 0 Å². The zero-order valence-electron chi connectivity index (χ0n) is 84.7. The minimum Gasteiger partial charge on any atom is -0.497 e. The molecule has 1 heterocycles. The Morgan fingerprint density at radius 3 is 1.23 bits per heavy atom. The first-order valence-corrected chi connectivity index (χ1v) is 45.7. The molecule has 47 heteroatoms. The van der Waals surface area contributed by atoms with Gasteiger partial charge in [-0.15, -0.1) is 0 Å². The standard InChI is InChI=1S/C92H153N23O24/c1-27-92(26,83(138)104-57(36-39-63(94)119)71(126)102-56(35-38-62(93)118)70(125)100-55(46-116)44-54-32-29-28-30-33-54)114-82(137)90(22,23)112-76(131)66(49(6)7)106-75(130)61-34-31-41-115(61)84(139)91(24,25)111-73(128)59(42-47(2)3)101-65(121)45-96-77(132)85(12,13)110-74(129)60(43-48(4)5)105-79(134)87(16,17)109-72(127)58(37-40-64(95)120)103-80(135)88(18,19)113-81(136)89(20,21)108-69(124)52(10)98-67(122)50(8)97-68(123)51(9)99-78(133)86(14,15)107-53(11)117/h28-30,32-33,47-52,55-61,66,116H,27,31,34-46H2,1-26H3,(H2,93,118)(H2,94,119)(H2,95,120)(H,96,132)(H,97,123)(H,98,122)(H,99,133)(H,100,125)(H,101,121)(H,102,126)(H,103,135)(H,104,138)(H,105,134)(H,106,130)(H,107,117)(H,108,124)(H,109,127)(H,110,129)(H,111,128)(H,112,131)(H,113,136)(H,114,137). The number of hydrogen-bond donors (Lipinski definition) is 26. The molecular weight excluding hydrogens is 1810 g/mol. The first kappa shape index (κ1) is 122. The quantitative estimate of drug-likeness (QED) is 0.0213. The first-order valence-electron chi connectivity index (χ1n) is 45.7. The molecule has 12 unspecified atom stereocenters. The van der Waals surface area contributed by atoms with Gasteiger partial charge < -0.3 is 122 Å². The molecular formula is C92H153N23O24. The summed E-state index contributed by atoms with van der Waals surface area (Å²) in [5, 5.41) is 278. The highest BCUT2D eigenvalue weighted by molar-refractivity contribution is 6.00. The second-order valence-corrected chi connectivity index (χ2v) is 39.0. The Kier molecular flexibility index (Phi) is 46.3. The summed E-state index contributed by atoms with van der Waals surface area (Å²) in [6.45, 7) is 36.6. The van der Waals surface area contributed by atoms with Crippen LogP contribution in [-0.2, 0) is 11.2 Å². The van der Waals surface area contributed by atoms with Gasteiger partial charge in [0.15, 0.2) is 23.6 Å². The number of benzene rings is 1. The predicted octanol–water partition coefficient (Wildman–Crippen LogP) is 14.5. The molecule has 1 aliphatic heterocycles. The summed E-state index contributed by atoms with van der Waals surface area (Å²) >= 11 is 0. The molecule has 1 saturated heterocycles. The normalized spacial score (nSPS) is 19.2. The monoisotopic (exact) mass is 1960 g/mol. The smallest absolute Gasteiger partial charge is 0.250 e. The van der Waals surface area contributed by atoms with Crippen LogP contribution in [0.3, 0.4) is 0 Å². The molecule has 0 aliphatic carbocycles. The van der Waals surface area contributed by atoms with Gasteiger partial charge in [-0.05, 0) is 206 Å². The van der Waals surface area contributed by atoms with Gasteiger partial charge in [0.1, 0.15) is 111 Å². The van der Waals surface area contributed by atoms with Crippen LogP contribution < -0.4 is 0 Å². The van der Waals surface area contributed by atoms with Crippen molar-refractivity contribution in [2.45, 2.75) is 368 Å². The summed E-state index contributed by atoms with van der Waals surface area (Å²) in [5.41, 5.74) is -13.3. The van der Waals surface area contributed by atoms with Crippen molar-refractivity contribution >= 4 is 136 Å². The number of hydrogen-bond acceptors (Lipinski definition) is 24. The van der Waals surface area contributed by atoms with Crippen LogP contribution in [0.2, 0.25) is 0 Å². The van der Waals surface area contributed by atoms with E-state index in [4.69, 9.17) is 16.2 Å². The predicted molar refractivity (Wildman–Crippen MR) is 548 cm³/mol. The van der Waals surface area contributed by atoms with Crippen molar-refractivity contribution in [1.82, 2.24) is 4.90 Å². The number of aliphatic hydroxyl groups excluding tert-OH is 23. The van der Waals surface area contributed by atoms with E-state index in [1.165, 1.54) is 136 Å². The number of nitrogens with zero attached hydrogens (tertiary/aromatic N) is 20. The number of rotatable bonds is 56. The van der Waals surface area contributed by atoms with Crippen molar-refractivity contribution < 1.29 is 122 Å². The van der Waals surface area contributed by atoms with Crippen molar-refractivity contribution in [3.05, 3.63) is 35.9 Å². The van der Waals surface area contributed by atoms with E-state index in [-0.39, 0.29) is 82.1 Å². The van der Waals surface area contributed by atoms with E-state index in [0.29, 0.717) is 6.42 Å². The van der Waals surface area contributed by atoms with E-state index in [9.17, 15) is 122 Å². The lowest BCUT2D eigenvalue weighted by Gasteiger charge is -2.31. The maximum Gasteiger partial charge on any atom is 0.250 e. The number of amides is 1. The summed E-state index contributed by atoms with van der Waals surface area (Å²) in [6, 6.07) is -5.29. The summed E-state index contributed by atoms with van der Waals surface area (Å²) in [7, 11) is 0. The van der Waals surface area contributed by atoms with Crippen molar-refractivity contribution in [2.24, 2.45) is 113 Å². The molecule has 12 atom stereocenters. The molecule has 1 aliphatic rings. The molecule has 1 aromatic rings. The zero-order chi connectivity index (χ0) is 107. The third-order valence-electron chi connectivity index (χ3n) is 21.7. The lowest BCUT2D eigenvalue weighted by molar-refractivity contribution is -0.135. The van der Waals surface area contributed by atoms with Gasteiger partial charge in [0.2, 0.25) is 106 Å². The molecule has 0 spiro atoms. The molecule has 2 rings (SSSR count). The molecule has 1 aromatic carbocycles. The fourth-order valence-corrected chi connectivity index (χ4v) is 13.0. The molecule has 1 amide bonds. The first-order chi connectivity index (χ1) is 63.7. The molecule has 139 heavy (non-hydrogen) atoms. The van der Waals surface area contributed by atoms with E-state index in [1.807, 2.05) is 0 Å². The molecule has 0 saturated carbocycles. The topological polar surface area (TPSA) is 792 Å². The SMILES string of the molecule is CCC(C)(N=C(O)C(C)(C)N=C(O)C(N=C(O)C1CCCN1C(=O)C(C)(C)N=C(O)C(CC(C)C)N=C(O)CN=C(O)C(C)(C)N=C(O)C(CC(C)C)N=C(O)C(C)(C)N=C(O)C(CCC(=N)O)N=C(O)C(C)(C)N=C(O)C(C)(C)N=C(O)C(C)N=C(O)C(C)N=C(O)C(C)N=C(O)C(C)(C)N=C(C)O)C(C)C)C(O)=NC(CCC(=N)O)C(O)=NC(CCC(=N)O)C(O)=NC(CO)Cc1ccccc1. The summed E-state index contributed by atoms with van der Waals surface area (Å²) < 4.78 is 0. The maximum atomic E-state index is 14.7. The van der Waals surface area contributed by atoms with Gasteiger partial charge in [0.25, 0.3) is 5.91 Å². The minimum absolute atomic E-state index is 0.00747. The van der Waals surface area contributed by atoms with Gasteiger partial charge in [-0.25, -0.2) is 94.9 Å². The molecule has 0 radical (unpaired) electrons. The Bertz CT molecular complexity index is 4970. The summed E-state index contributed by atoms with van der Waals surface area (Å²) in [4.78, 5) is 95.8. The fraction of sp³-hybridized carbons (Fsp3) is 0.685. The average molecular weight is 1970 g/mol. The van der Waals surface area contributed by atoms with E-state index in [1.54, 1.807) is 78.8 Å². The molecule has 780 valence electrons. The highest BCUT2D eigenvalue weighted by atomic mass is 16.3. The Balaban J connectivity index is 2.57. The van der Waals surface area contributed by atoms with E-state index in [0.717, 1.165) is 5.56 Å². The fourth-order valence-electron chi connectivity index (χ4n) is 13.0. The zero-order valence-corrected chi connectivity index (χ0v) is 84.7. The molecule has 0 bridgehead atoms. The van der Waals surface area contributed by atoms with Gasteiger partial charge in [0.05, 0.1) is 12.6 Å². The third-order valence-corrected chi connectivity index (χ3v) is 21.7. The van der Waals surface area contributed by atoms with Gasteiger partial charge in [-0.1, -0.05) is 78.8 Å². The number of aliphatic hydroxyl groups is 23. The van der Waals surface area contributed by atoms with Crippen LogP contribution in [0.4, 0.5) is 0 Å². The maximum absolute atomic E-state index is 14.7. The van der Waals surface area contributed by atoms with Gasteiger partial charge >= 0.3 is 0 Å².